The van der Waals surface area contributed by atoms with Crippen LogP contribution in [0.4, 0.5) is 5.69 Å². The molecule has 0 aliphatic heterocycles. The second-order valence-corrected chi connectivity index (χ2v) is 8.33. The molecule has 0 aliphatic rings. The summed E-state index contributed by atoms with van der Waals surface area (Å²) in [5, 5.41) is 3.83. The number of hydrogen-bond acceptors (Lipinski definition) is 4. The maximum absolute atomic E-state index is 13.4. The van der Waals surface area contributed by atoms with E-state index < -0.39 is 6.10 Å². The van der Waals surface area contributed by atoms with Gasteiger partial charge in [0.25, 0.3) is 5.91 Å². The highest BCUT2D eigenvalue weighted by Crippen LogP contribution is 2.32. The second kappa shape index (κ2) is 9.51. The number of nitrogens with one attached hydrogen (secondary N) is 1. The molecule has 0 fully saturated rings. The van der Waals surface area contributed by atoms with Crippen molar-refractivity contribution in [2.45, 2.75) is 33.3 Å². The number of aryl methyl sites for hydroxylation is 2. The SMILES string of the molecule is CCC(Oc1c(-c2ccc(Cl)cc2)oc2ccccc2c1=O)C(=O)Nc1ccc(C)c(C)c1. The lowest BCUT2D eigenvalue weighted by Gasteiger charge is -2.19. The lowest BCUT2D eigenvalue weighted by Crippen LogP contribution is -2.34. The largest absolute Gasteiger partial charge is 0.473 e. The predicted octanol–water partition coefficient (Wildman–Crippen LogP) is 6.53. The monoisotopic (exact) mass is 461 g/mol. The Balaban J connectivity index is 1.73. The molecule has 0 radical (unpaired) electrons. The Morgan fingerprint density at radius 3 is 2.45 bits per heavy atom. The summed E-state index contributed by atoms with van der Waals surface area (Å²) in [4.78, 5) is 26.4. The minimum atomic E-state index is -0.887. The summed E-state index contributed by atoms with van der Waals surface area (Å²) in [5.41, 5.74) is 3.61. The molecule has 0 saturated heterocycles. The summed E-state index contributed by atoms with van der Waals surface area (Å²) in [7, 11) is 0. The van der Waals surface area contributed by atoms with E-state index in [9.17, 15) is 9.59 Å². The Kier molecular flexibility index (Phi) is 6.52. The fourth-order valence-electron chi connectivity index (χ4n) is 3.53. The van der Waals surface area contributed by atoms with Crippen molar-refractivity contribution in [3.8, 4) is 17.1 Å². The van der Waals surface area contributed by atoms with E-state index in [-0.39, 0.29) is 22.8 Å². The van der Waals surface area contributed by atoms with Crippen LogP contribution in [0.5, 0.6) is 5.75 Å². The van der Waals surface area contributed by atoms with Crippen molar-refractivity contribution in [2.75, 3.05) is 5.32 Å². The molecule has 1 N–H and O–H groups in total. The molecule has 1 amide bonds. The zero-order valence-electron chi connectivity index (χ0n) is 18.6. The maximum atomic E-state index is 13.4. The minimum absolute atomic E-state index is 0.00175. The highest BCUT2D eigenvalue weighted by molar-refractivity contribution is 6.30. The van der Waals surface area contributed by atoms with Gasteiger partial charge >= 0.3 is 0 Å². The average molecular weight is 462 g/mol. The van der Waals surface area contributed by atoms with E-state index >= 15 is 0 Å². The van der Waals surface area contributed by atoms with Crippen LogP contribution in [0.3, 0.4) is 0 Å². The molecule has 0 aliphatic carbocycles. The van der Waals surface area contributed by atoms with Crippen molar-refractivity contribution < 1.29 is 13.9 Å². The van der Waals surface area contributed by atoms with Crippen LogP contribution in [0.15, 0.2) is 75.9 Å². The molecule has 0 bridgehead atoms. The normalized spacial score (nSPS) is 11.9. The van der Waals surface area contributed by atoms with Crippen LogP contribution in [0.2, 0.25) is 5.02 Å². The van der Waals surface area contributed by atoms with Crippen LogP contribution in [0, 0.1) is 13.8 Å². The van der Waals surface area contributed by atoms with Crippen molar-refractivity contribution >= 4 is 34.2 Å². The zero-order valence-corrected chi connectivity index (χ0v) is 19.4. The molecule has 0 spiro atoms. The standard InChI is InChI=1S/C27H24ClNO4/c1-4-22(27(31)29-20-14-9-16(2)17(3)15-20)32-26-24(30)21-7-5-6-8-23(21)33-25(26)18-10-12-19(28)13-11-18/h5-15,22H,4H2,1-3H3,(H,29,31). The Morgan fingerprint density at radius 1 is 1.03 bits per heavy atom. The number of amides is 1. The number of ether oxygens (including phenoxy) is 1. The van der Waals surface area contributed by atoms with Crippen LogP contribution >= 0.6 is 11.6 Å². The molecular formula is C27H24ClNO4. The van der Waals surface area contributed by atoms with Crippen molar-refractivity contribution in [1.82, 2.24) is 0 Å². The summed E-state index contributed by atoms with van der Waals surface area (Å²) < 4.78 is 12.1. The Hall–Kier alpha value is -3.57. The van der Waals surface area contributed by atoms with Gasteiger partial charge in [-0.05, 0) is 79.9 Å². The fourth-order valence-corrected chi connectivity index (χ4v) is 3.66. The van der Waals surface area contributed by atoms with Gasteiger partial charge in [0.05, 0.1) is 5.39 Å². The fraction of sp³-hybridized carbons (Fsp3) is 0.185. The van der Waals surface area contributed by atoms with E-state index in [1.807, 2.05) is 39.0 Å². The molecular weight excluding hydrogens is 438 g/mol. The van der Waals surface area contributed by atoms with Gasteiger partial charge in [0, 0.05) is 16.3 Å². The maximum Gasteiger partial charge on any atom is 0.265 e. The summed E-state index contributed by atoms with van der Waals surface area (Å²) >= 11 is 6.03. The van der Waals surface area contributed by atoms with E-state index in [1.54, 1.807) is 48.5 Å². The van der Waals surface area contributed by atoms with Gasteiger partial charge in [0.1, 0.15) is 5.58 Å². The summed E-state index contributed by atoms with van der Waals surface area (Å²) in [6.45, 7) is 5.82. The molecule has 168 valence electrons. The van der Waals surface area contributed by atoms with Gasteiger partial charge in [-0.2, -0.15) is 0 Å². The van der Waals surface area contributed by atoms with E-state index in [4.69, 9.17) is 20.8 Å². The number of rotatable bonds is 6. The Labute approximate surface area is 197 Å². The van der Waals surface area contributed by atoms with Gasteiger partial charge in [-0.1, -0.05) is 36.7 Å². The lowest BCUT2D eigenvalue weighted by atomic mass is 10.1. The van der Waals surface area contributed by atoms with Crippen LogP contribution in [0.25, 0.3) is 22.3 Å². The predicted molar refractivity (Wildman–Crippen MR) is 132 cm³/mol. The van der Waals surface area contributed by atoms with Gasteiger partial charge in [-0.25, -0.2) is 0 Å². The molecule has 4 aromatic rings. The van der Waals surface area contributed by atoms with E-state index in [0.29, 0.717) is 33.7 Å². The molecule has 33 heavy (non-hydrogen) atoms. The topological polar surface area (TPSA) is 68.5 Å². The quantitative estimate of drug-likeness (QED) is 0.354. The molecule has 1 atom stereocenters. The Morgan fingerprint density at radius 2 is 1.76 bits per heavy atom. The number of fused-ring (bicyclic) bond motifs is 1. The first kappa shape index (κ1) is 22.6. The van der Waals surface area contributed by atoms with E-state index in [0.717, 1.165) is 11.1 Å². The minimum Gasteiger partial charge on any atom is -0.473 e. The van der Waals surface area contributed by atoms with Gasteiger partial charge in [-0.3, -0.25) is 9.59 Å². The number of benzene rings is 3. The van der Waals surface area contributed by atoms with Gasteiger partial charge in [-0.15, -0.1) is 0 Å². The first-order valence-corrected chi connectivity index (χ1v) is 11.1. The van der Waals surface area contributed by atoms with Crippen LogP contribution in [-0.4, -0.2) is 12.0 Å². The van der Waals surface area contributed by atoms with Gasteiger partial charge in [0.2, 0.25) is 11.2 Å². The first-order chi connectivity index (χ1) is 15.9. The average Bonchev–Trinajstić information content (AvgIpc) is 2.81. The molecule has 4 rings (SSSR count). The molecule has 1 aromatic heterocycles. The van der Waals surface area contributed by atoms with Gasteiger partial charge in [0.15, 0.2) is 11.9 Å². The van der Waals surface area contributed by atoms with Crippen molar-refractivity contribution in [3.63, 3.8) is 0 Å². The molecule has 0 saturated carbocycles. The molecule has 6 heteroatoms. The van der Waals surface area contributed by atoms with Crippen LogP contribution in [0.1, 0.15) is 24.5 Å². The number of carbonyl (C=O) groups is 1. The van der Waals surface area contributed by atoms with Crippen LogP contribution in [-0.2, 0) is 4.79 Å². The van der Waals surface area contributed by atoms with E-state index in [1.165, 1.54) is 0 Å². The van der Waals surface area contributed by atoms with E-state index in [2.05, 4.69) is 5.32 Å². The third-order valence-corrected chi connectivity index (χ3v) is 5.81. The summed E-state index contributed by atoms with van der Waals surface area (Å²) in [6.07, 6.45) is -0.523. The second-order valence-electron chi connectivity index (χ2n) is 7.90. The highest BCUT2D eigenvalue weighted by atomic mass is 35.5. The van der Waals surface area contributed by atoms with Crippen molar-refractivity contribution in [2.24, 2.45) is 0 Å². The third-order valence-electron chi connectivity index (χ3n) is 5.56. The highest BCUT2D eigenvalue weighted by Gasteiger charge is 2.25. The zero-order chi connectivity index (χ0) is 23.5. The summed E-state index contributed by atoms with van der Waals surface area (Å²) in [5.74, 6) is -0.0822. The van der Waals surface area contributed by atoms with Crippen LogP contribution < -0.4 is 15.5 Å². The molecule has 1 unspecified atom stereocenters. The van der Waals surface area contributed by atoms with Crippen molar-refractivity contribution in [1.29, 1.82) is 0 Å². The molecule has 1 heterocycles. The molecule has 3 aromatic carbocycles. The number of halogens is 1. The Bertz CT molecular complexity index is 1380. The van der Waals surface area contributed by atoms with Crippen molar-refractivity contribution in [3.05, 3.63) is 93.1 Å². The number of anilines is 1. The third kappa shape index (κ3) is 4.78. The molecule has 5 nitrogen and oxygen atoms in total. The smallest absolute Gasteiger partial charge is 0.265 e. The lowest BCUT2D eigenvalue weighted by molar-refractivity contribution is -0.122. The van der Waals surface area contributed by atoms with Gasteiger partial charge < -0.3 is 14.5 Å². The number of hydrogen-bond donors (Lipinski definition) is 1. The number of para-hydroxylation sites is 1. The summed E-state index contributed by atoms with van der Waals surface area (Å²) in [6, 6.07) is 19.6. The number of carbonyl (C=O) groups excluding carboxylic acids is 1. The first-order valence-electron chi connectivity index (χ1n) is 10.7.